The number of sulfonamides is 1. The highest BCUT2D eigenvalue weighted by atomic mass is 35.5. The summed E-state index contributed by atoms with van der Waals surface area (Å²) in [5.41, 5.74) is 9.70. The fraction of sp³-hybridized carbons (Fsp3) is 0.600. The third-order valence-electron chi connectivity index (χ3n) is 4.53. The third-order valence-corrected chi connectivity index (χ3v) is 6.64. The summed E-state index contributed by atoms with van der Waals surface area (Å²) in [6.07, 6.45) is 0. The van der Waals surface area contributed by atoms with Gasteiger partial charge in [0, 0.05) is 19.1 Å². The first-order valence-corrected chi connectivity index (χ1v) is 8.43. The molecule has 2 rings (SSSR count). The molecule has 1 aromatic rings. The van der Waals surface area contributed by atoms with Crippen LogP contribution in [0.25, 0.3) is 0 Å². The summed E-state index contributed by atoms with van der Waals surface area (Å²) < 4.78 is 27.4. The predicted octanol–water partition coefficient (Wildman–Crippen LogP) is 2.31. The summed E-state index contributed by atoms with van der Waals surface area (Å²) in [6, 6.07) is 1.97. The number of halogens is 1. The molecule has 1 heterocycles. The number of rotatable bonds is 2. The Bertz CT molecular complexity index is 607. The molecular weight excluding hydrogens is 308 g/mol. The second-order valence-electron chi connectivity index (χ2n) is 6.05. The standard InChI is InChI=1S/C15H24N2O2S.ClH/c1-9-6-10(2)13(5)15(12(9)4)20(18,19)17-7-11(3)14(16)8-17;/h6,11,14H,7-8,16H2,1-5H3;1H. The molecule has 0 saturated carbocycles. The van der Waals surface area contributed by atoms with Crippen molar-refractivity contribution >= 4 is 22.4 Å². The summed E-state index contributed by atoms with van der Waals surface area (Å²) in [5, 5.41) is 0. The minimum absolute atomic E-state index is 0. The van der Waals surface area contributed by atoms with E-state index < -0.39 is 10.0 Å². The van der Waals surface area contributed by atoms with Crippen molar-refractivity contribution in [3.63, 3.8) is 0 Å². The quantitative estimate of drug-likeness (QED) is 0.904. The Balaban J connectivity index is 0.00000220. The van der Waals surface area contributed by atoms with Gasteiger partial charge in [-0.2, -0.15) is 4.31 Å². The maximum atomic E-state index is 12.9. The van der Waals surface area contributed by atoms with Crippen molar-refractivity contribution in [1.29, 1.82) is 0 Å². The molecule has 21 heavy (non-hydrogen) atoms. The molecule has 0 aromatic heterocycles. The molecule has 120 valence electrons. The molecule has 1 aromatic carbocycles. The number of hydrogen-bond acceptors (Lipinski definition) is 3. The summed E-state index contributed by atoms with van der Waals surface area (Å²) in [7, 11) is -3.46. The van der Waals surface area contributed by atoms with Gasteiger partial charge in [-0.1, -0.05) is 13.0 Å². The highest BCUT2D eigenvalue weighted by Gasteiger charge is 2.37. The summed E-state index contributed by atoms with van der Waals surface area (Å²) >= 11 is 0. The van der Waals surface area contributed by atoms with Crippen LogP contribution in [0.5, 0.6) is 0 Å². The van der Waals surface area contributed by atoms with Gasteiger partial charge < -0.3 is 5.73 Å². The van der Waals surface area contributed by atoms with Gasteiger partial charge in [0.2, 0.25) is 10.0 Å². The first-order valence-electron chi connectivity index (χ1n) is 6.99. The van der Waals surface area contributed by atoms with Crippen LogP contribution in [-0.4, -0.2) is 31.9 Å². The van der Waals surface area contributed by atoms with Gasteiger partial charge in [-0.05, 0) is 55.9 Å². The van der Waals surface area contributed by atoms with E-state index in [1.54, 1.807) is 0 Å². The molecule has 1 saturated heterocycles. The van der Waals surface area contributed by atoms with E-state index in [-0.39, 0.29) is 24.4 Å². The van der Waals surface area contributed by atoms with Crippen LogP contribution in [0, 0.1) is 33.6 Å². The van der Waals surface area contributed by atoms with E-state index in [0.717, 1.165) is 22.3 Å². The Hall–Kier alpha value is -0.620. The minimum Gasteiger partial charge on any atom is -0.326 e. The molecule has 4 nitrogen and oxygen atoms in total. The van der Waals surface area contributed by atoms with Crippen molar-refractivity contribution in [2.24, 2.45) is 11.7 Å². The van der Waals surface area contributed by atoms with Crippen molar-refractivity contribution in [1.82, 2.24) is 4.31 Å². The Morgan fingerprint density at radius 3 is 1.95 bits per heavy atom. The van der Waals surface area contributed by atoms with Crippen LogP contribution in [0.2, 0.25) is 0 Å². The summed E-state index contributed by atoms with van der Waals surface area (Å²) in [6.45, 7) is 10.6. The van der Waals surface area contributed by atoms with Gasteiger partial charge in [0.1, 0.15) is 0 Å². The van der Waals surface area contributed by atoms with Gasteiger partial charge in [-0.3, -0.25) is 0 Å². The largest absolute Gasteiger partial charge is 0.326 e. The van der Waals surface area contributed by atoms with Crippen LogP contribution in [0.4, 0.5) is 0 Å². The van der Waals surface area contributed by atoms with Crippen LogP contribution in [0.15, 0.2) is 11.0 Å². The van der Waals surface area contributed by atoms with Crippen LogP contribution >= 0.6 is 12.4 Å². The highest BCUT2D eigenvalue weighted by Crippen LogP contribution is 2.31. The lowest BCUT2D eigenvalue weighted by Gasteiger charge is -2.21. The topological polar surface area (TPSA) is 63.4 Å². The first kappa shape index (κ1) is 18.4. The Morgan fingerprint density at radius 1 is 1.10 bits per heavy atom. The Kier molecular flexibility index (Phi) is 5.48. The van der Waals surface area contributed by atoms with Gasteiger partial charge >= 0.3 is 0 Å². The molecule has 1 aliphatic rings. The van der Waals surface area contributed by atoms with Crippen molar-refractivity contribution in [3.05, 3.63) is 28.3 Å². The van der Waals surface area contributed by atoms with Gasteiger partial charge in [-0.25, -0.2) is 8.42 Å². The molecule has 1 aliphatic heterocycles. The zero-order chi connectivity index (χ0) is 15.2. The first-order chi connectivity index (χ1) is 9.16. The van der Waals surface area contributed by atoms with Crippen molar-refractivity contribution in [2.75, 3.05) is 13.1 Å². The van der Waals surface area contributed by atoms with E-state index in [0.29, 0.717) is 18.0 Å². The third kappa shape index (κ3) is 3.11. The van der Waals surface area contributed by atoms with Crippen LogP contribution in [0.3, 0.4) is 0 Å². The molecule has 0 bridgehead atoms. The summed E-state index contributed by atoms with van der Waals surface area (Å²) in [4.78, 5) is 0.469. The summed E-state index contributed by atoms with van der Waals surface area (Å²) in [5.74, 6) is 0.205. The van der Waals surface area contributed by atoms with Crippen LogP contribution in [0.1, 0.15) is 29.2 Å². The fourth-order valence-electron chi connectivity index (χ4n) is 2.84. The van der Waals surface area contributed by atoms with Crippen LogP contribution in [-0.2, 0) is 10.0 Å². The lowest BCUT2D eigenvalue weighted by atomic mass is 10.0. The average molecular weight is 333 g/mol. The molecule has 0 radical (unpaired) electrons. The lowest BCUT2D eigenvalue weighted by molar-refractivity contribution is 0.463. The zero-order valence-corrected chi connectivity index (χ0v) is 14.9. The van der Waals surface area contributed by atoms with E-state index in [9.17, 15) is 8.42 Å². The van der Waals surface area contributed by atoms with E-state index >= 15 is 0 Å². The fourth-order valence-corrected chi connectivity index (χ4v) is 4.99. The maximum absolute atomic E-state index is 12.9. The van der Waals surface area contributed by atoms with Gasteiger partial charge in [-0.15, -0.1) is 12.4 Å². The van der Waals surface area contributed by atoms with Gasteiger partial charge in [0.25, 0.3) is 0 Å². The van der Waals surface area contributed by atoms with E-state index in [2.05, 4.69) is 0 Å². The average Bonchev–Trinajstić information content (AvgIpc) is 2.68. The van der Waals surface area contributed by atoms with Crippen molar-refractivity contribution in [2.45, 2.75) is 45.6 Å². The smallest absolute Gasteiger partial charge is 0.243 e. The number of nitrogens with two attached hydrogens (primary N) is 1. The minimum atomic E-state index is -3.46. The lowest BCUT2D eigenvalue weighted by Crippen LogP contribution is -2.33. The van der Waals surface area contributed by atoms with Crippen molar-refractivity contribution in [3.8, 4) is 0 Å². The number of aryl methyl sites for hydroxylation is 2. The number of hydrogen-bond donors (Lipinski definition) is 1. The molecular formula is C15H25ClN2O2S. The van der Waals surface area contributed by atoms with E-state index in [1.165, 1.54) is 4.31 Å². The van der Waals surface area contributed by atoms with Gasteiger partial charge in [0.05, 0.1) is 4.90 Å². The van der Waals surface area contributed by atoms with Crippen LogP contribution < -0.4 is 5.73 Å². The molecule has 0 aliphatic carbocycles. The Labute approximate surface area is 134 Å². The van der Waals surface area contributed by atoms with Crippen molar-refractivity contribution < 1.29 is 8.42 Å². The maximum Gasteiger partial charge on any atom is 0.243 e. The van der Waals surface area contributed by atoms with E-state index in [4.69, 9.17) is 5.73 Å². The monoisotopic (exact) mass is 332 g/mol. The normalized spacial score (nSPS) is 23.1. The number of benzene rings is 1. The SMILES string of the molecule is Cc1cc(C)c(C)c(S(=O)(=O)N2CC(C)C(N)C2)c1C.Cl. The van der Waals surface area contributed by atoms with E-state index in [1.807, 2.05) is 40.7 Å². The predicted molar refractivity (Wildman–Crippen MR) is 88.5 cm³/mol. The zero-order valence-electron chi connectivity index (χ0n) is 13.3. The number of nitrogens with zero attached hydrogens (tertiary/aromatic N) is 1. The Morgan fingerprint density at radius 2 is 1.57 bits per heavy atom. The highest BCUT2D eigenvalue weighted by molar-refractivity contribution is 7.89. The molecule has 2 N–H and O–H groups in total. The van der Waals surface area contributed by atoms with Gasteiger partial charge in [0.15, 0.2) is 0 Å². The molecule has 2 unspecified atom stereocenters. The molecule has 2 atom stereocenters. The molecule has 6 heteroatoms. The molecule has 1 fully saturated rings. The molecule has 0 amide bonds. The second-order valence-corrected chi connectivity index (χ2v) is 7.93. The molecule has 0 spiro atoms. The second kappa shape index (κ2) is 6.24.